The number of piperidine rings is 1. The number of likely N-dealkylation sites (tertiary alicyclic amines) is 1. The van der Waals surface area contributed by atoms with E-state index in [4.69, 9.17) is 18.9 Å². The molecule has 0 amide bonds. The summed E-state index contributed by atoms with van der Waals surface area (Å²) in [6, 6.07) is 21.3. The van der Waals surface area contributed by atoms with Crippen molar-refractivity contribution in [3.63, 3.8) is 0 Å². The van der Waals surface area contributed by atoms with E-state index >= 15 is 0 Å². The zero-order chi connectivity index (χ0) is 31.3. The van der Waals surface area contributed by atoms with Crippen LogP contribution in [0.3, 0.4) is 0 Å². The minimum Gasteiger partial charge on any atom is -0.496 e. The van der Waals surface area contributed by atoms with E-state index in [2.05, 4.69) is 4.90 Å². The number of rotatable bonds is 14. The molecule has 2 N–H and O–H groups in total. The summed E-state index contributed by atoms with van der Waals surface area (Å²) in [6.07, 6.45) is 10.8. The molecule has 2 fully saturated rings. The number of fused-ring (bicyclic) bond motifs is 3. The third-order valence-corrected chi connectivity index (χ3v) is 10.2. The average molecular weight is 616 g/mol. The molecule has 0 radical (unpaired) electrons. The molecular formula is C38H49NO6. The van der Waals surface area contributed by atoms with E-state index in [9.17, 15) is 10.2 Å². The normalized spacial score (nSPS) is 25.8. The largest absolute Gasteiger partial charge is 0.496 e. The van der Waals surface area contributed by atoms with Gasteiger partial charge in [-0.05, 0) is 75.0 Å². The SMILES string of the molecule is COc1cc(OC)c2c(c1)O[C@@]1(c3ccc(OCCCCCCCCN4CCCCC4)cc3)[C@H](c3ccccc3)C[C@@H](O)[C@@]21O. The number of aliphatic hydroxyl groups excluding tert-OH is 1. The Morgan fingerprint density at radius 1 is 0.822 bits per heavy atom. The maximum atomic E-state index is 12.6. The second-order valence-corrected chi connectivity index (χ2v) is 12.9. The van der Waals surface area contributed by atoms with Gasteiger partial charge in [-0.15, -0.1) is 0 Å². The van der Waals surface area contributed by atoms with Gasteiger partial charge in [-0.3, -0.25) is 0 Å². The fourth-order valence-electron chi connectivity index (χ4n) is 7.90. The van der Waals surface area contributed by atoms with Crippen LogP contribution in [0, 0.1) is 0 Å². The minimum atomic E-state index is -1.75. The molecule has 7 heteroatoms. The molecule has 1 aliphatic carbocycles. The third-order valence-electron chi connectivity index (χ3n) is 10.2. The monoisotopic (exact) mass is 615 g/mol. The first-order valence-electron chi connectivity index (χ1n) is 16.9. The molecule has 0 spiro atoms. The molecule has 3 aromatic rings. The Kier molecular flexibility index (Phi) is 9.88. The van der Waals surface area contributed by atoms with Crippen LogP contribution < -0.4 is 18.9 Å². The molecule has 1 saturated carbocycles. The van der Waals surface area contributed by atoms with Crippen LogP contribution in [0.15, 0.2) is 66.7 Å². The van der Waals surface area contributed by atoms with E-state index in [1.54, 1.807) is 26.4 Å². The summed E-state index contributed by atoms with van der Waals surface area (Å²) in [5.41, 5.74) is -0.843. The molecule has 45 heavy (non-hydrogen) atoms. The van der Waals surface area contributed by atoms with Gasteiger partial charge in [0.05, 0.1) is 32.5 Å². The molecule has 0 bridgehead atoms. The first-order valence-corrected chi connectivity index (χ1v) is 16.9. The molecule has 1 saturated heterocycles. The lowest BCUT2D eigenvalue weighted by atomic mass is 9.71. The van der Waals surface area contributed by atoms with Crippen molar-refractivity contribution in [2.45, 2.75) is 87.4 Å². The highest BCUT2D eigenvalue weighted by atomic mass is 16.5. The van der Waals surface area contributed by atoms with Gasteiger partial charge in [0.25, 0.3) is 0 Å². The Morgan fingerprint density at radius 3 is 2.24 bits per heavy atom. The maximum Gasteiger partial charge on any atom is 0.176 e. The maximum absolute atomic E-state index is 12.6. The van der Waals surface area contributed by atoms with Gasteiger partial charge in [-0.2, -0.15) is 0 Å². The van der Waals surface area contributed by atoms with Gasteiger partial charge in [0.15, 0.2) is 11.2 Å². The molecule has 4 atom stereocenters. The van der Waals surface area contributed by atoms with Gasteiger partial charge >= 0.3 is 0 Å². The molecule has 2 aliphatic heterocycles. The number of hydrogen-bond acceptors (Lipinski definition) is 7. The van der Waals surface area contributed by atoms with Crippen molar-refractivity contribution in [2.75, 3.05) is 40.5 Å². The van der Waals surface area contributed by atoms with Crippen LogP contribution in [-0.4, -0.2) is 61.7 Å². The number of aliphatic hydroxyl groups is 2. The summed E-state index contributed by atoms with van der Waals surface area (Å²) in [7, 11) is 3.14. The Bertz CT molecular complexity index is 1390. The summed E-state index contributed by atoms with van der Waals surface area (Å²) < 4.78 is 24.2. The zero-order valence-electron chi connectivity index (χ0n) is 26.9. The van der Waals surface area contributed by atoms with Gasteiger partial charge in [0, 0.05) is 18.1 Å². The predicted molar refractivity (Wildman–Crippen MR) is 175 cm³/mol. The van der Waals surface area contributed by atoms with E-state index in [0.717, 1.165) is 23.3 Å². The second kappa shape index (κ2) is 14.0. The van der Waals surface area contributed by atoms with Gasteiger partial charge in [-0.1, -0.05) is 74.6 Å². The minimum absolute atomic E-state index is 0.325. The Balaban J connectivity index is 1.13. The standard InChI is InChI=1S/C38H49NO6/c1-42-31-25-33(43-2)36-34(26-31)45-38(32(27-35(40)37(36,38)41)28-15-9-7-10-16-28)29-17-19-30(20-18-29)44-24-14-6-4-3-5-11-21-39-22-12-8-13-23-39/h7,9-10,15-20,25-26,32,35,40-41H,3-6,8,11-14,21-24,27H2,1-2H3/t32-,35+,37+,38-/m0/s1. The van der Waals surface area contributed by atoms with Gasteiger partial charge in [-0.25, -0.2) is 0 Å². The molecule has 3 aliphatic rings. The highest BCUT2D eigenvalue weighted by Gasteiger charge is 2.73. The third kappa shape index (κ3) is 6.02. The van der Waals surface area contributed by atoms with Crippen LogP contribution >= 0.6 is 0 Å². The van der Waals surface area contributed by atoms with Crippen LogP contribution in [0.1, 0.15) is 86.8 Å². The molecule has 0 unspecified atom stereocenters. The highest BCUT2D eigenvalue weighted by molar-refractivity contribution is 5.62. The Labute approximate surface area is 268 Å². The van der Waals surface area contributed by atoms with Crippen molar-refractivity contribution in [3.8, 4) is 23.0 Å². The topological polar surface area (TPSA) is 80.6 Å². The Morgan fingerprint density at radius 2 is 1.53 bits per heavy atom. The number of methoxy groups -OCH3 is 2. The fourth-order valence-corrected chi connectivity index (χ4v) is 7.90. The molecule has 242 valence electrons. The fraction of sp³-hybridized carbons (Fsp3) is 0.526. The lowest BCUT2D eigenvalue weighted by Gasteiger charge is -2.40. The molecule has 6 rings (SSSR count). The van der Waals surface area contributed by atoms with Gasteiger partial charge < -0.3 is 34.1 Å². The molecule has 3 aromatic carbocycles. The summed E-state index contributed by atoms with van der Waals surface area (Å²) in [5, 5.41) is 24.3. The zero-order valence-corrected chi connectivity index (χ0v) is 26.9. The van der Waals surface area contributed by atoms with E-state index in [-0.39, 0.29) is 5.92 Å². The van der Waals surface area contributed by atoms with E-state index in [1.807, 2.05) is 54.6 Å². The summed E-state index contributed by atoms with van der Waals surface area (Å²) in [6.45, 7) is 4.52. The number of ether oxygens (including phenoxy) is 4. The van der Waals surface area contributed by atoms with Crippen molar-refractivity contribution in [1.82, 2.24) is 4.90 Å². The Hall–Kier alpha value is -3.26. The van der Waals surface area contributed by atoms with Crippen molar-refractivity contribution < 1.29 is 29.2 Å². The number of hydrogen-bond donors (Lipinski definition) is 2. The second-order valence-electron chi connectivity index (χ2n) is 12.9. The summed E-state index contributed by atoms with van der Waals surface area (Å²) in [5.74, 6) is 1.87. The van der Waals surface area contributed by atoms with Crippen LogP contribution in [0.2, 0.25) is 0 Å². The smallest absolute Gasteiger partial charge is 0.176 e. The van der Waals surface area contributed by atoms with Gasteiger partial charge in [0.2, 0.25) is 0 Å². The van der Waals surface area contributed by atoms with E-state index in [1.165, 1.54) is 71.0 Å². The number of nitrogens with zero attached hydrogens (tertiary/aromatic N) is 1. The van der Waals surface area contributed by atoms with Crippen molar-refractivity contribution in [1.29, 1.82) is 0 Å². The van der Waals surface area contributed by atoms with Crippen LogP contribution in [0.4, 0.5) is 0 Å². The number of benzene rings is 3. The molecule has 2 heterocycles. The summed E-state index contributed by atoms with van der Waals surface area (Å²) >= 11 is 0. The first-order chi connectivity index (χ1) is 22.0. The lowest BCUT2D eigenvalue weighted by Crippen LogP contribution is -2.52. The van der Waals surface area contributed by atoms with Gasteiger partial charge in [0.1, 0.15) is 23.0 Å². The molecular weight excluding hydrogens is 566 g/mol. The van der Waals surface area contributed by atoms with Crippen molar-refractivity contribution in [2.24, 2.45) is 0 Å². The van der Waals surface area contributed by atoms with Crippen LogP contribution in [0.25, 0.3) is 0 Å². The molecule has 0 aromatic heterocycles. The highest BCUT2D eigenvalue weighted by Crippen LogP contribution is 2.68. The quantitative estimate of drug-likeness (QED) is 0.190. The molecule has 7 nitrogen and oxygen atoms in total. The predicted octanol–water partition coefficient (Wildman–Crippen LogP) is 6.93. The lowest BCUT2D eigenvalue weighted by molar-refractivity contribution is -0.150. The van der Waals surface area contributed by atoms with Crippen molar-refractivity contribution in [3.05, 3.63) is 83.4 Å². The average Bonchev–Trinajstić information content (AvgIpc) is 3.48. The van der Waals surface area contributed by atoms with E-state index in [0.29, 0.717) is 35.8 Å². The summed E-state index contributed by atoms with van der Waals surface area (Å²) in [4.78, 5) is 2.63. The van der Waals surface area contributed by atoms with Crippen molar-refractivity contribution >= 4 is 0 Å². The first kappa shape index (κ1) is 31.7. The van der Waals surface area contributed by atoms with E-state index < -0.39 is 17.3 Å². The van der Waals surface area contributed by atoms with Crippen LogP contribution in [-0.2, 0) is 11.2 Å². The van der Waals surface area contributed by atoms with Crippen LogP contribution in [0.5, 0.6) is 23.0 Å². The number of unbranched alkanes of at least 4 members (excludes halogenated alkanes) is 5.